The minimum absolute atomic E-state index is 0.0150. The summed E-state index contributed by atoms with van der Waals surface area (Å²) in [6.45, 7) is 2.28. The van der Waals surface area contributed by atoms with Crippen LogP contribution in [0, 0.1) is 0 Å². The van der Waals surface area contributed by atoms with Crippen LogP contribution in [0.2, 0.25) is 0 Å². The molecule has 0 saturated carbocycles. The van der Waals surface area contributed by atoms with Gasteiger partial charge < -0.3 is 0 Å². The quantitative estimate of drug-likeness (QED) is 0.541. The molecule has 0 aliphatic rings. The van der Waals surface area contributed by atoms with E-state index in [9.17, 15) is 26.3 Å². The lowest BCUT2D eigenvalue weighted by Crippen LogP contribution is -2.48. The van der Waals surface area contributed by atoms with Gasteiger partial charge >= 0.3 is 12.4 Å². The zero-order valence-electron chi connectivity index (χ0n) is 7.79. The molecular formula is C7H8F6O2. The SMILES string of the molecule is C=C(F)C(C)(F)C(F)(F)OC(F)(F)OC. The van der Waals surface area contributed by atoms with Crippen LogP contribution in [0.1, 0.15) is 6.92 Å². The fourth-order valence-electron chi connectivity index (χ4n) is 0.445. The summed E-state index contributed by atoms with van der Waals surface area (Å²) >= 11 is 0. The number of rotatable bonds is 5. The topological polar surface area (TPSA) is 18.5 Å². The van der Waals surface area contributed by atoms with Crippen LogP contribution in [0.5, 0.6) is 0 Å². The predicted molar refractivity (Wildman–Crippen MR) is 37.7 cm³/mol. The van der Waals surface area contributed by atoms with Crippen molar-refractivity contribution in [2.75, 3.05) is 7.11 Å². The van der Waals surface area contributed by atoms with E-state index in [4.69, 9.17) is 0 Å². The molecule has 2 nitrogen and oxygen atoms in total. The summed E-state index contributed by atoms with van der Waals surface area (Å²) in [5.74, 6) is -2.14. The fourth-order valence-corrected chi connectivity index (χ4v) is 0.445. The van der Waals surface area contributed by atoms with E-state index >= 15 is 0 Å². The van der Waals surface area contributed by atoms with Crippen molar-refractivity contribution in [1.29, 1.82) is 0 Å². The Morgan fingerprint density at radius 1 is 1.13 bits per heavy atom. The Morgan fingerprint density at radius 2 is 1.53 bits per heavy atom. The van der Waals surface area contributed by atoms with Crippen molar-refractivity contribution in [3.05, 3.63) is 12.4 Å². The summed E-state index contributed by atoms with van der Waals surface area (Å²) < 4.78 is 80.8. The highest BCUT2D eigenvalue weighted by Gasteiger charge is 2.60. The molecule has 0 N–H and O–H groups in total. The molecule has 0 aromatic rings. The molecular weight excluding hydrogens is 230 g/mol. The van der Waals surface area contributed by atoms with E-state index in [1.54, 1.807) is 0 Å². The maximum atomic E-state index is 12.9. The van der Waals surface area contributed by atoms with Gasteiger partial charge in [0.1, 0.15) is 5.83 Å². The second kappa shape index (κ2) is 4.01. The Bertz CT molecular complexity index is 250. The van der Waals surface area contributed by atoms with Gasteiger partial charge in [-0.2, -0.15) is 8.78 Å². The van der Waals surface area contributed by atoms with Crippen molar-refractivity contribution in [1.82, 2.24) is 0 Å². The summed E-state index contributed by atoms with van der Waals surface area (Å²) in [5.41, 5.74) is -4.07. The van der Waals surface area contributed by atoms with E-state index in [0.717, 1.165) is 0 Å². The second-order valence-electron chi connectivity index (χ2n) is 2.69. The number of ether oxygens (including phenoxy) is 2. The first kappa shape index (κ1) is 14.2. The predicted octanol–water partition coefficient (Wildman–Crippen LogP) is 3.00. The van der Waals surface area contributed by atoms with E-state index in [1.807, 2.05) is 0 Å². The molecule has 1 unspecified atom stereocenters. The van der Waals surface area contributed by atoms with Gasteiger partial charge in [-0.25, -0.2) is 13.5 Å². The van der Waals surface area contributed by atoms with E-state index in [0.29, 0.717) is 7.11 Å². The molecule has 0 amide bonds. The van der Waals surface area contributed by atoms with Crippen LogP contribution in [0.25, 0.3) is 0 Å². The lowest BCUT2D eigenvalue weighted by molar-refractivity contribution is -0.477. The molecule has 0 aromatic carbocycles. The van der Waals surface area contributed by atoms with Crippen LogP contribution in [-0.2, 0) is 9.47 Å². The monoisotopic (exact) mass is 238 g/mol. The molecule has 0 rings (SSSR count). The Balaban J connectivity index is 4.91. The second-order valence-corrected chi connectivity index (χ2v) is 2.69. The van der Waals surface area contributed by atoms with Crippen LogP contribution >= 0.6 is 0 Å². The Morgan fingerprint density at radius 3 is 1.80 bits per heavy atom. The van der Waals surface area contributed by atoms with E-state index < -0.39 is 23.9 Å². The molecule has 0 spiro atoms. The number of methoxy groups -OCH3 is 1. The minimum Gasteiger partial charge on any atom is -0.299 e. The Hall–Kier alpha value is -0.760. The van der Waals surface area contributed by atoms with Gasteiger partial charge in [0.05, 0.1) is 0 Å². The third-order valence-electron chi connectivity index (χ3n) is 1.54. The normalized spacial score (nSPS) is 17.3. The molecule has 0 heterocycles. The first-order valence-electron chi connectivity index (χ1n) is 3.51. The summed E-state index contributed by atoms with van der Waals surface area (Å²) in [7, 11) is 0.357. The maximum absolute atomic E-state index is 12.9. The zero-order valence-corrected chi connectivity index (χ0v) is 7.79. The fraction of sp³-hybridized carbons (Fsp3) is 0.714. The summed E-state index contributed by atoms with van der Waals surface area (Å²) in [6.07, 6.45) is -9.84. The lowest BCUT2D eigenvalue weighted by atomic mass is 10.1. The molecule has 1 atom stereocenters. The van der Waals surface area contributed by atoms with E-state index in [2.05, 4.69) is 16.1 Å². The molecule has 0 radical (unpaired) electrons. The average molecular weight is 238 g/mol. The highest BCUT2D eigenvalue weighted by Crippen LogP contribution is 2.42. The largest absolute Gasteiger partial charge is 0.490 e. The first-order valence-corrected chi connectivity index (χ1v) is 3.51. The Kier molecular flexibility index (Phi) is 3.81. The van der Waals surface area contributed by atoms with Crippen molar-refractivity contribution in [2.24, 2.45) is 0 Å². The zero-order chi connectivity index (χ0) is 12.5. The molecule has 0 fully saturated rings. The van der Waals surface area contributed by atoms with E-state index in [-0.39, 0.29) is 6.92 Å². The van der Waals surface area contributed by atoms with Crippen LogP contribution in [0.4, 0.5) is 26.3 Å². The van der Waals surface area contributed by atoms with Gasteiger partial charge in [0.25, 0.3) is 0 Å². The van der Waals surface area contributed by atoms with Gasteiger partial charge in [0.2, 0.25) is 5.67 Å². The molecule has 90 valence electrons. The van der Waals surface area contributed by atoms with Gasteiger partial charge in [-0.05, 0) is 6.92 Å². The summed E-state index contributed by atoms with van der Waals surface area (Å²) in [5, 5.41) is 0. The van der Waals surface area contributed by atoms with Crippen LogP contribution < -0.4 is 0 Å². The third kappa shape index (κ3) is 3.10. The molecule has 0 saturated heterocycles. The number of alkyl halides is 5. The average Bonchev–Trinajstić information content (AvgIpc) is 2.02. The van der Waals surface area contributed by atoms with Crippen molar-refractivity contribution >= 4 is 0 Å². The van der Waals surface area contributed by atoms with Gasteiger partial charge in [-0.15, -0.1) is 8.78 Å². The molecule has 0 bridgehead atoms. The van der Waals surface area contributed by atoms with Gasteiger partial charge in [-0.3, -0.25) is 4.74 Å². The Labute approximate surface area is 81.5 Å². The van der Waals surface area contributed by atoms with Crippen molar-refractivity contribution in [3.63, 3.8) is 0 Å². The van der Waals surface area contributed by atoms with Gasteiger partial charge in [-0.1, -0.05) is 6.58 Å². The number of hydrogen-bond donors (Lipinski definition) is 0. The van der Waals surface area contributed by atoms with Crippen LogP contribution in [0.3, 0.4) is 0 Å². The highest BCUT2D eigenvalue weighted by molar-refractivity contribution is 5.07. The van der Waals surface area contributed by atoms with Crippen molar-refractivity contribution in [2.45, 2.75) is 25.0 Å². The van der Waals surface area contributed by atoms with E-state index in [1.165, 1.54) is 0 Å². The number of halogens is 6. The number of hydrogen-bond acceptors (Lipinski definition) is 2. The molecule has 0 aromatic heterocycles. The molecule has 0 aliphatic heterocycles. The van der Waals surface area contributed by atoms with Crippen molar-refractivity contribution < 1.29 is 35.8 Å². The minimum atomic E-state index is -5.11. The summed E-state index contributed by atoms with van der Waals surface area (Å²) in [4.78, 5) is 0. The van der Waals surface area contributed by atoms with Crippen LogP contribution in [-0.4, -0.2) is 25.2 Å². The van der Waals surface area contributed by atoms with Gasteiger partial charge in [0.15, 0.2) is 0 Å². The first-order chi connectivity index (χ1) is 6.46. The van der Waals surface area contributed by atoms with Crippen LogP contribution in [0.15, 0.2) is 12.4 Å². The lowest BCUT2D eigenvalue weighted by Gasteiger charge is -2.29. The van der Waals surface area contributed by atoms with Gasteiger partial charge in [0, 0.05) is 7.11 Å². The van der Waals surface area contributed by atoms with Crippen molar-refractivity contribution in [3.8, 4) is 0 Å². The highest BCUT2D eigenvalue weighted by atomic mass is 19.3. The maximum Gasteiger partial charge on any atom is 0.490 e. The molecule has 0 aliphatic carbocycles. The molecule has 8 heteroatoms. The molecule has 15 heavy (non-hydrogen) atoms. The third-order valence-corrected chi connectivity index (χ3v) is 1.54. The summed E-state index contributed by atoms with van der Waals surface area (Å²) in [6, 6.07) is 0. The standard InChI is InChI=1S/C7H8F6O2/c1-4(8)5(2,9)6(10,11)15-7(12,13)14-3/h1H2,2-3H3. The smallest absolute Gasteiger partial charge is 0.299 e.